The Morgan fingerprint density at radius 2 is 2.06 bits per heavy atom. The third-order valence-electron chi connectivity index (χ3n) is 2.67. The van der Waals surface area contributed by atoms with Crippen LogP contribution in [0, 0.1) is 5.82 Å². The maximum Gasteiger partial charge on any atom is 0.241 e. The molecular weight excluding hydrogens is 235 g/mol. The van der Waals surface area contributed by atoms with E-state index in [1.165, 1.54) is 23.1 Å². The van der Waals surface area contributed by atoms with Crippen molar-refractivity contribution in [1.82, 2.24) is 4.90 Å². The summed E-state index contributed by atoms with van der Waals surface area (Å²) < 4.78 is 13.8. The lowest BCUT2D eigenvalue weighted by Gasteiger charge is -2.25. The van der Waals surface area contributed by atoms with E-state index in [1.807, 2.05) is 6.92 Å². The number of para-hydroxylation sites is 1. The SMILES string of the molecule is CCN(CC(=O)N(C)C)c1c(F)cccc1C=O. The van der Waals surface area contributed by atoms with E-state index in [-0.39, 0.29) is 23.7 Å². The second kappa shape index (κ2) is 6.14. The third-order valence-corrected chi connectivity index (χ3v) is 2.67. The molecule has 18 heavy (non-hydrogen) atoms. The molecule has 0 saturated heterocycles. The van der Waals surface area contributed by atoms with Gasteiger partial charge in [0.05, 0.1) is 12.2 Å². The van der Waals surface area contributed by atoms with Gasteiger partial charge in [0.1, 0.15) is 5.82 Å². The number of carbonyl (C=O) groups is 2. The molecule has 4 nitrogen and oxygen atoms in total. The van der Waals surface area contributed by atoms with Crippen molar-refractivity contribution in [2.75, 3.05) is 32.1 Å². The summed E-state index contributed by atoms with van der Waals surface area (Å²) in [7, 11) is 3.27. The predicted molar refractivity (Wildman–Crippen MR) is 68.4 cm³/mol. The van der Waals surface area contributed by atoms with Crippen molar-refractivity contribution in [3.63, 3.8) is 0 Å². The number of carbonyl (C=O) groups excluding carboxylic acids is 2. The molecule has 98 valence electrons. The maximum absolute atomic E-state index is 13.8. The summed E-state index contributed by atoms with van der Waals surface area (Å²) in [6, 6.07) is 4.30. The molecule has 0 aliphatic rings. The highest BCUT2D eigenvalue weighted by Gasteiger charge is 2.18. The molecule has 0 fully saturated rings. The Labute approximate surface area is 106 Å². The van der Waals surface area contributed by atoms with Crippen LogP contribution in [0.1, 0.15) is 17.3 Å². The molecule has 0 aliphatic heterocycles. The fourth-order valence-corrected chi connectivity index (χ4v) is 1.61. The van der Waals surface area contributed by atoms with Crippen LogP contribution in [0.5, 0.6) is 0 Å². The summed E-state index contributed by atoms with van der Waals surface area (Å²) in [6.07, 6.45) is 0.598. The molecule has 0 aliphatic carbocycles. The molecule has 0 heterocycles. The number of aldehydes is 1. The lowest BCUT2D eigenvalue weighted by molar-refractivity contribution is -0.127. The number of halogens is 1. The number of likely N-dealkylation sites (N-methyl/N-ethyl adjacent to an activating group) is 2. The molecule has 0 saturated carbocycles. The molecule has 1 amide bonds. The molecule has 0 radical (unpaired) electrons. The maximum atomic E-state index is 13.8. The van der Waals surface area contributed by atoms with Crippen molar-refractivity contribution in [1.29, 1.82) is 0 Å². The molecule has 0 aromatic heterocycles. The van der Waals surface area contributed by atoms with Crippen LogP contribution >= 0.6 is 0 Å². The number of benzene rings is 1. The van der Waals surface area contributed by atoms with Crippen LogP contribution in [0.15, 0.2) is 18.2 Å². The minimum absolute atomic E-state index is 0.0469. The number of hydrogen-bond acceptors (Lipinski definition) is 3. The van der Waals surface area contributed by atoms with E-state index in [0.717, 1.165) is 0 Å². The van der Waals surface area contributed by atoms with Crippen molar-refractivity contribution in [2.45, 2.75) is 6.92 Å². The van der Waals surface area contributed by atoms with E-state index in [1.54, 1.807) is 19.0 Å². The summed E-state index contributed by atoms with van der Waals surface area (Å²) in [6.45, 7) is 2.30. The molecule has 0 unspecified atom stereocenters. The zero-order chi connectivity index (χ0) is 13.7. The Balaban J connectivity index is 3.09. The average Bonchev–Trinajstić information content (AvgIpc) is 2.35. The molecule has 1 aromatic rings. The Morgan fingerprint density at radius 1 is 1.39 bits per heavy atom. The fourth-order valence-electron chi connectivity index (χ4n) is 1.61. The predicted octanol–water partition coefficient (Wildman–Crippen LogP) is 1.55. The van der Waals surface area contributed by atoms with Crippen LogP contribution in [0.2, 0.25) is 0 Å². The van der Waals surface area contributed by atoms with Crippen molar-refractivity contribution in [3.8, 4) is 0 Å². The summed E-state index contributed by atoms with van der Waals surface area (Å²) in [5.74, 6) is -0.634. The Hall–Kier alpha value is -1.91. The molecule has 0 atom stereocenters. The molecular formula is C13H17FN2O2. The average molecular weight is 252 g/mol. The van der Waals surface area contributed by atoms with Crippen LogP contribution in [-0.4, -0.2) is 44.3 Å². The summed E-state index contributed by atoms with van der Waals surface area (Å²) in [5, 5.41) is 0. The largest absolute Gasteiger partial charge is 0.360 e. The zero-order valence-electron chi connectivity index (χ0n) is 10.8. The van der Waals surface area contributed by atoms with E-state index in [9.17, 15) is 14.0 Å². The minimum Gasteiger partial charge on any atom is -0.360 e. The van der Waals surface area contributed by atoms with Gasteiger partial charge in [0.2, 0.25) is 5.91 Å². The second-order valence-electron chi connectivity index (χ2n) is 4.10. The minimum atomic E-state index is -0.493. The highest BCUT2D eigenvalue weighted by Crippen LogP contribution is 2.23. The Morgan fingerprint density at radius 3 is 2.56 bits per heavy atom. The number of hydrogen-bond donors (Lipinski definition) is 0. The van der Waals surface area contributed by atoms with Gasteiger partial charge in [-0.15, -0.1) is 0 Å². The van der Waals surface area contributed by atoms with Gasteiger partial charge in [0.15, 0.2) is 6.29 Å². The van der Waals surface area contributed by atoms with E-state index < -0.39 is 5.82 Å². The standard InChI is InChI=1S/C13H17FN2O2/c1-4-16(8-12(18)15(2)3)13-10(9-17)6-5-7-11(13)14/h5-7,9H,4,8H2,1-3H3. The molecule has 5 heteroatoms. The summed E-state index contributed by atoms with van der Waals surface area (Å²) >= 11 is 0. The molecule has 1 rings (SSSR count). The number of nitrogens with zero attached hydrogens (tertiary/aromatic N) is 2. The summed E-state index contributed by atoms with van der Waals surface area (Å²) in [4.78, 5) is 25.6. The molecule has 0 spiro atoms. The van der Waals surface area contributed by atoms with Gasteiger partial charge in [-0.2, -0.15) is 0 Å². The van der Waals surface area contributed by atoms with Gasteiger partial charge in [-0.25, -0.2) is 4.39 Å². The Bertz CT molecular complexity index is 447. The first-order valence-corrected chi connectivity index (χ1v) is 5.70. The Kier molecular flexibility index (Phi) is 4.83. The quantitative estimate of drug-likeness (QED) is 0.747. The topological polar surface area (TPSA) is 40.6 Å². The van der Waals surface area contributed by atoms with Gasteiger partial charge in [-0.05, 0) is 19.1 Å². The van der Waals surface area contributed by atoms with Gasteiger partial charge in [-0.3, -0.25) is 9.59 Å². The zero-order valence-corrected chi connectivity index (χ0v) is 10.8. The highest BCUT2D eigenvalue weighted by atomic mass is 19.1. The van der Waals surface area contributed by atoms with Crippen LogP contribution in [0.3, 0.4) is 0 Å². The van der Waals surface area contributed by atoms with E-state index in [0.29, 0.717) is 12.8 Å². The van der Waals surface area contributed by atoms with Gasteiger partial charge in [-0.1, -0.05) is 6.07 Å². The first kappa shape index (κ1) is 14.2. The van der Waals surface area contributed by atoms with E-state index >= 15 is 0 Å². The van der Waals surface area contributed by atoms with Gasteiger partial charge in [0, 0.05) is 26.2 Å². The fraction of sp³-hybridized carbons (Fsp3) is 0.385. The van der Waals surface area contributed by atoms with E-state index in [4.69, 9.17) is 0 Å². The first-order chi connectivity index (χ1) is 8.51. The van der Waals surface area contributed by atoms with Crippen molar-refractivity contribution in [2.24, 2.45) is 0 Å². The van der Waals surface area contributed by atoms with Gasteiger partial charge < -0.3 is 9.80 Å². The van der Waals surface area contributed by atoms with Gasteiger partial charge in [0.25, 0.3) is 0 Å². The van der Waals surface area contributed by atoms with Crippen LogP contribution in [-0.2, 0) is 4.79 Å². The first-order valence-electron chi connectivity index (χ1n) is 5.70. The normalized spacial score (nSPS) is 10.0. The van der Waals surface area contributed by atoms with Crippen molar-refractivity contribution in [3.05, 3.63) is 29.6 Å². The molecule has 1 aromatic carbocycles. The highest BCUT2D eigenvalue weighted by molar-refractivity contribution is 5.87. The lowest BCUT2D eigenvalue weighted by atomic mass is 10.1. The van der Waals surface area contributed by atoms with Crippen LogP contribution < -0.4 is 4.90 Å². The lowest BCUT2D eigenvalue weighted by Crippen LogP contribution is -2.37. The molecule has 0 N–H and O–H groups in total. The second-order valence-corrected chi connectivity index (χ2v) is 4.10. The van der Waals surface area contributed by atoms with Gasteiger partial charge >= 0.3 is 0 Å². The van der Waals surface area contributed by atoms with Crippen LogP contribution in [0.4, 0.5) is 10.1 Å². The van der Waals surface area contributed by atoms with Crippen LogP contribution in [0.25, 0.3) is 0 Å². The third kappa shape index (κ3) is 3.06. The number of anilines is 1. The van der Waals surface area contributed by atoms with Crippen molar-refractivity contribution >= 4 is 17.9 Å². The monoisotopic (exact) mass is 252 g/mol. The smallest absolute Gasteiger partial charge is 0.241 e. The summed E-state index contributed by atoms with van der Waals surface area (Å²) in [5.41, 5.74) is 0.439. The van der Waals surface area contributed by atoms with E-state index in [2.05, 4.69) is 0 Å². The molecule has 0 bridgehead atoms. The number of rotatable bonds is 5. The number of amides is 1. The van der Waals surface area contributed by atoms with Crippen molar-refractivity contribution < 1.29 is 14.0 Å².